The fraction of sp³-hybridized carbons (Fsp3) is 0.556. The third-order valence-corrected chi connectivity index (χ3v) is 1.37. The van der Waals surface area contributed by atoms with Crippen molar-refractivity contribution in [3.63, 3.8) is 0 Å². The lowest BCUT2D eigenvalue weighted by atomic mass is 10.2. The van der Waals surface area contributed by atoms with Crippen LogP contribution < -0.4 is 0 Å². The molecule has 0 heterocycles. The summed E-state index contributed by atoms with van der Waals surface area (Å²) in [5.74, 6) is 0.819. The van der Waals surface area contributed by atoms with Crippen molar-refractivity contribution in [3.8, 4) is 0 Å². The summed E-state index contributed by atoms with van der Waals surface area (Å²) in [6, 6.07) is 0. The highest BCUT2D eigenvalue weighted by molar-refractivity contribution is 5.17. The Hall–Kier alpha value is -0.760. The zero-order chi connectivity index (χ0) is 8.69. The maximum absolute atomic E-state index is 5.04. The van der Waals surface area contributed by atoms with E-state index < -0.39 is 0 Å². The zero-order valence-corrected chi connectivity index (χ0v) is 7.52. The minimum absolute atomic E-state index is 0.509. The lowest BCUT2D eigenvalue weighted by Crippen LogP contribution is -1.96. The molecule has 0 atom stereocenters. The molecule has 0 aliphatic heterocycles. The van der Waals surface area contributed by atoms with Crippen LogP contribution in [0.1, 0.15) is 13.3 Å². The molecular formula is C9H16O2. The van der Waals surface area contributed by atoms with E-state index in [9.17, 15) is 0 Å². The number of methoxy groups -OCH3 is 2. The molecule has 0 amide bonds. The molecule has 0 saturated carbocycles. The van der Waals surface area contributed by atoms with E-state index in [4.69, 9.17) is 9.47 Å². The van der Waals surface area contributed by atoms with E-state index >= 15 is 0 Å². The van der Waals surface area contributed by atoms with Gasteiger partial charge in [-0.3, -0.25) is 0 Å². The molecule has 0 aliphatic carbocycles. The predicted octanol–water partition coefficient (Wildman–Crippen LogP) is 2.13. The second-order valence-corrected chi connectivity index (χ2v) is 2.26. The standard InChI is InChI=1S/C9H16O2/c1-5-8(2)6-9(11-4)7-10-3/h6H,2,5,7H2,1,3-4H3. The van der Waals surface area contributed by atoms with Crippen molar-refractivity contribution in [1.82, 2.24) is 0 Å². The van der Waals surface area contributed by atoms with Crippen LogP contribution in [0.3, 0.4) is 0 Å². The lowest BCUT2D eigenvalue weighted by Gasteiger charge is -2.04. The van der Waals surface area contributed by atoms with Gasteiger partial charge in [0.1, 0.15) is 12.4 Å². The second-order valence-electron chi connectivity index (χ2n) is 2.26. The molecule has 0 aromatic heterocycles. The van der Waals surface area contributed by atoms with Gasteiger partial charge in [-0.25, -0.2) is 0 Å². The molecular weight excluding hydrogens is 140 g/mol. The Morgan fingerprint density at radius 2 is 2.09 bits per heavy atom. The molecule has 0 rings (SSSR count). The van der Waals surface area contributed by atoms with Gasteiger partial charge in [0.2, 0.25) is 0 Å². The molecule has 2 heteroatoms. The Morgan fingerprint density at radius 1 is 1.45 bits per heavy atom. The molecule has 0 aromatic rings. The first-order valence-corrected chi connectivity index (χ1v) is 3.65. The summed E-state index contributed by atoms with van der Waals surface area (Å²) < 4.78 is 9.94. The van der Waals surface area contributed by atoms with E-state index in [1.807, 2.05) is 6.08 Å². The van der Waals surface area contributed by atoms with Crippen LogP contribution in [0.4, 0.5) is 0 Å². The average molecular weight is 156 g/mol. The van der Waals surface area contributed by atoms with Crippen LogP contribution in [-0.4, -0.2) is 20.8 Å². The molecule has 0 unspecified atom stereocenters. The van der Waals surface area contributed by atoms with E-state index in [-0.39, 0.29) is 0 Å². The number of ether oxygens (including phenoxy) is 2. The Bertz CT molecular complexity index is 148. The maximum Gasteiger partial charge on any atom is 0.121 e. The van der Waals surface area contributed by atoms with Crippen LogP contribution >= 0.6 is 0 Å². The van der Waals surface area contributed by atoms with Crippen molar-refractivity contribution >= 4 is 0 Å². The summed E-state index contributed by atoms with van der Waals surface area (Å²) in [5.41, 5.74) is 1.05. The lowest BCUT2D eigenvalue weighted by molar-refractivity contribution is 0.159. The number of hydrogen-bond acceptors (Lipinski definition) is 2. The van der Waals surface area contributed by atoms with Crippen LogP contribution in [0.25, 0.3) is 0 Å². The van der Waals surface area contributed by atoms with E-state index in [0.29, 0.717) is 6.61 Å². The van der Waals surface area contributed by atoms with Gasteiger partial charge in [0.05, 0.1) is 7.11 Å². The normalized spacial score (nSPS) is 11.4. The van der Waals surface area contributed by atoms with E-state index in [0.717, 1.165) is 17.8 Å². The van der Waals surface area contributed by atoms with E-state index in [2.05, 4.69) is 13.5 Å². The zero-order valence-electron chi connectivity index (χ0n) is 7.52. The smallest absolute Gasteiger partial charge is 0.121 e. The highest BCUT2D eigenvalue weighted by atomic mass is 16.5. The Labute approximate surface area is 68.5 Å². The van der Waals surface area contributed by atoms with Gasteiger partial charge in [0.15, 0.2) is 0 Å². The Balaban J connectivity index is 3.99. The predicted molar refractivity (Wildman–Crippen MR) is 46.4 cm³/mol. The number of rotatable bonds is 5. The molecule has 0 aliphatic rings. The molecule has 64 valence electrons. The quantitative estimate of drug-likeness (QED) is 0.448. The maximum atomic E-state index is 5.04. The van der Waals surface area contributed by atoms with Gasteiger partial charge >= 0.3 is 0 Å². The molecule has 0 aromatic carbocycles. The second kappa shape index (κ2) is 5.98. The largest absolute Gasteiger partial charge is 0.499 e. The Kier molecular flexibility index (Phi) is 5.57. The number of allylic oxidation sites excluding steroid dienone is 2. The minimum Gasteiger partial charge on any atom is -0.499 e. The van der Waals surface area contributed by atoms with Crippen molar-refractivity contribution in [3.05, 3.63) is 24.0 Å². The van der Waals surface area contributed by atoms with Crippen molar-refractivity contribution in [1.29, 1.82) is 0 Å². The first-order valence-electron chi connectivity index (χ1n) is 3.65. The molecule has 11 heavy (non-hydrogen) atoms. The van der Waals surface area contributed by atoms with Gasteiger partial charge in [-0.15, -0.1) is 0 Å². The van der Waals surface area contributed by atoms with Crippen LogP contribution in [-0.2, 0) is 9.47 Å². The summed E-state index contributed by atoms with van der Waals surface area (Å²) in [6.07, 6.45) is 2.85. The molecule has 0 saturated heterocycles. The highest BCUT2D eigenvalue weighted by Gasteiger charge is 1.94. The fourth-order valence-corrected chi connectivity index (χ4v) is 0.632. The van der Waals surface area contributed by atoms with Crippen LogP contribution in [0.15, 0.2) is 24.0 Å². The highest BCUT2D eigenvalue weighted by Crippen LogP contribution is 2.04. The molecule has 0 fully saturated rings. The average Bonchev–Trinajstić information content (AvgIpc) is 2.03. The van der Waals surface area contributed by atoms with Gasteiger partial charge < -0.3 is 9.47 Å². The molecule has 2 nitrogen and oxygen atoms in total. The summed E-state index contributed by atoms with van der Waals surface area (Å²) in [5, 5.41) is 0. The summed E-state index contributed by atoms with van der Waals surface area (Å²) >= 11 is 0. The van der Waals surface area contributed by atoms with Crippen LogP contribution in [0, 0.1) is 0 Å². The van der Waals surface area contributed by atoms with Crippen molar-refractivity contribution < 1.29 is 9.47 Å². The minimum atomic E-state index is 0.509. The van der Waals surface area contributed by atoms with E-state index in [1.165, 1.54) is 0 Å². The molecule has 0 bridgehead atoms. The van der Waals surface area contributed by atoms with Gasteiger partial charge in [0.25, 0.3) is 0 Å². The summed E-state index contributed by atoms with van der Waals surface area (Å²) in [4.78, 5) is 0. The third-order valence-electron chi connectivity index (χ3n) is 1.37. The van der Waals surface area contributed by atoms with Gasteiger partial charge in [-0.1, -0.05) is 19.1 Å². The van der Waals surface area contributed by atoms with Crippen molar-refractivity contribution in [2.45, 2.75) is 13.3 Å². The van der Waals surface area contributed by atoms with E-state index in [1.54, 1.807) is 14.2 Å². The van der Waals surface area contributed by atoms with Crippen LogP contribution in [0.2, 0.25) is 0 Å². The molecule has 0 spiro atoms. The van der Waals surface area contributed by atoms with Gasteiger partial charge in [-0.2, -0.15) is 0 Å². The summed E-state index contributed by atoms with van der Waals surface area (Å²) in [7, 11) is 3.27. The molecule has 0 radical (unpaired) electrons. The van der Waals surface area contributed by atoms with Crippen molar-refractivity contribution in [2.24, 2.45) is 0 Å². The van der Waals surface area contributed by atoms with Gasteiger partial charge in [0, 0.05) is 7.11 Å². The first-order chi connectivity index (χ1) is 5.24. The van der Waals surface area contributed by atoms with Gasteiger partial charge in [-0.05, 0) is 12.5 Å². The third kappa shape index (κ3) is 4.62. The topological polar surface area (TPSA) is 18.5 Å². The SMILES string of the molecule is C=C(C=C(COC)OC)CC. The monoisotopic (exact) mass is 156 g/mol. The first kappa shape index (κ1) is 10.2. The summed E-state index contributed by atoms with van der Waals surface area (Å²) in [6.45, 7) is 6.40. The Morgan fingerprint density at radius 3 is 2.45 bits per heavy atom. The van der Waals surface area contributed by atoms with Crippen molar-refractivity contribution in [2.75, 3.05) is 20.8 Å². The van der Waals surface area contributed by atoms with Crippen LogP contribution in [0.5, 0.6) is 0 Å². The number of hydrogen-bond donors (Lipinski definition) is 0. The fourth-order valence-electron chi connectivity index (χ4n) is 0.632. The molecule has 0 N–H and O–H groups in total.